The summed E-state index contributed by atoms with van der Waals surface area (Å²) in [5.74, 6) is 2.57. The van der Waals surface area contributed by atoms with E-state index in [-0.39, 0.29) is 0 Å². The Morgan fingerprint density at radius 1 is 1.10 bits per heavy atom. The Kier molecular flexibility index (Phi) is 3.97. The van der Waals surface area contributed by atoms with E-state index in [0.29, 0.717) is 6.04 Å². The van der Waals surface area contributed by atoms with E-state index in [0.717, 1.165) is 28.5 Å². The molecule has 4 heteroatoms. The normalized spacial score (nSPS) is 16.4. The number of hydrogen-bond acceptors (Lipinski definition) is 4. The van der Waals surface area contributed by atoms with E-state index in [9.17, 15) is 0 Å². The summed E-state index contributed by atoms with van der Waals surface area (Å²) in [5.41, 5.74) is 3.62. The van der Waals surface area contributed by atoms with Gasteiger partial charge >= 0.3 is 0 Å². The van der Waals surface area contributed by atoms with Gasteiger partial charge in [0.25, 0.3) is 0 Å². The zero-order valence-corrected chi connectivity index (χ0v) is 13.3. The molecule has 2 aromatic carbocycles. The van der Waals surface area contributed by atoms with E-state index in [1.54, 1.807) is 14.2 Å². The highest BCUT2D eigenvalue weighted by Gasteiger charge is 2.23. The predicted molar refractivity (Wildman–Crippen MR) is 87.8 cm³/mol. The summed E-state index contributed by atoms with van der Waals surface area (Å²) in [5, 5.41) is 3.63. The van der Waals surface area contributed by atoms with Crippen LogP contribution in [0.25, 0.3) is 0 Å². The van der Waals surface area contributed by atoms with Crippen LogP contribution in [-0.4, -0.2) is 20.0 Å². The molecule has 1 aliphatic heterocycles. The second-order valence-electron chi connectivity index (χ2n) is 5.07. The van der Waals surface area contributed by atoms with Gasteiger partial charge in [0.1, 0.15) is 0 Å². The van der Waals surface area contributed by atoms with Crippen molar-refractivity contribution in [1.29, 1.82) is 0 Å². The number of nitrogens with one attached hydrogen (secondary N) is 1. The van der Waals surface area contributed by atoms with Crippen molar-refractivity contribution in [3.05, 3.63) is 47.5 Å². The van der Waals surface area contributed by atoms with Crippen LogP contribution in [0.5, 0.6) is 11.5 Å². The largest absolute Gasteiger partial charge is 0.493 e. The van der Waals surface area contributed by atoms with Gasteiger partial charge in [0.05, 0.1) is 20.3 Å². The lowest BCUT2D eigenvalue weighted by Gasteiger charge is -2.19. The zero-order chi connectivity index (χ0) is 14.8. The van der Waals surface area contributed by atoms with Crippen molar-refractivity contribution in [3.63, 3.8) is 0 Å². The SMILES string of the molecule is COc1cc(C)c(NC2CSc3ccccc32)cc1OC. The molecule has 1 atom stereocenters. The van der Waals surface area contributed by atoms with Gasteiger partial charge in [-0.3, -0.25) is 0 Å². The molecule has 0 bridgehead atoms. The number of ether oxygens (including phenoxy) is 2. The first-order valence-electron chi connectivity index (χ1n) is 6.94. The molecule has 0 radical (unpaired) electrons. The van der Waals surface area contributed by atoms with Crippen molar-refractivity contribution in [3.8, 4) is 11.5 Å². The van der Waals surface area contributed by atoms with E-state index in [1.165, 1.54) is 10.5 Å². The molecule has 0 saturated heterocycles. The van der Waals surface area contributed by atoms with Crippen molar-refractivity contribution in [2.45, 2.75) is 17.9 Å². The average molecular weight is 301 g/mol. The van der Waals surface area contributed by atoms with Gasteiger partial charge < -0.3 is 14.8 Å². The third kappa shape index (κ3) is 2.68. The number of benzene rings is 2. The van der Waals surface area contributed by atoms with Gasteiger partial charge in [-0.05, 0) is 30.2 Å². The van der Waals surface area contributed by atoms with Crippen molar-refractivity contribution in [2.75, 3.05) is 25.3 Å². The van der Waals surface area contributed by atoms with Gasteiger partial charge in [-0.2, -0.15) is 0 Å². The molecule has 0 saturated carbocycles. The number of methoxy groups -OCH3 is 2. The van der Waals surface area contributed by atoms with Gasteiger partial charge in [-0.25, -0.2) is 0 Å². The lowest BCUT2D eigenvalue weighted by molar-refractivity contribution is 0.355. The lowest BCUT2D eigenvalue weighted by atomic mass is 10.1. The Labute approximate surface area is 129 Å². The van der Waals surface area contributed by atoms with Crippen LogP contribution in [0.1, 0.15) is 17.2 Å². The van der Waals surface area contributed by atoms with Gasteiger partial charge in [0.2, 0.25) is 0 Å². The van der Waals surface area contributed by atoms with Gasteiger partial charge in [-0.15, -0.1) is 11.8 Å². The molecule has 1 unspecified atom stereocenters. The van der Waals surface area contributed by atoms with Crippen molar-refractivity contribution in [1.82, 2.24) is 0 Å². The van der Waals surface area contributed by atoms with Crippen LogP contribution >= 0.6 is 11.8 Å². The average Bonchev–Trinajstić information content (AvgIpc) is 2.92. The monoisotopic (exact) mass is 301 g/mol. The standard InChI is InChI=1S/C17H19NO2S/c1-11-8-15(19-2)16(20-3)9-13(11)18-14-10-21-17-7-5-4-6-12(14)17/h4-9,14,18H,10H2,1-3H3. The summed E-state index contributed by atoms with van der Waals surface area (Å²) in [6.07, 6.45) is 0. The molecular weight excluding hydrogens is 282 g/mol. The quantitative estimate of drug-likeness (QED) is 0.913. The number of anilines is 1. The zero-order valence-electron chi connectivity index (χ0n) is 12.5. The third-order valence-electron chi connectivity index (χ3n) is 3.76. The van der Waals surface area contributed by atoms with Gasteiger partial charge in [-0.1, -0.05) is 18.2 Å². The summed E-state index contributed by atoms with van der Waals surface area (Å²) < 4.78 is 10.7. The number of thioether (sulfide) groups is 1. The van der Waals surface area contributed by atoms with E-state index < -0.39 is 0 Å². The predicted octanol–water partition coefficient (Wildman–Crippen LogP) is 4.27. The van der Waals surface area contributed by atoms with Crippen LogP contribution in [0.4, 0.5) is 5.69 Å². The highest BCUT2D eigenvalue weighted by atomic mass is 32.2. The maximum Gasteiger partial charge on any atom is 0.162 e. The third-order valence-corrected chi connectivity index (χ3v) is 4.94. The maximum absolute atomic E-state index is 5.40. The second kappa shape index (κ2) is 5.90. The summed E-state index contributed by atoms with van der Waals surface area (Å²) in [4.78, 5) is 1.37. The van der Waals surface area contributed by atoms with Crippen molar-refractivity contribution < 1.29 is 9.47 Å². The van der Waals surface area contributed by atoms with Crippen LogP contribution < -0.4 is 14.8 Å². The summed E-state index contributed by atoms with van der Waals surface area (Å²) in [7, 11) is 3.33. The topological polar surface area (TPSA) is 30.5 Å². The summed E-state index contributed by atoms with van der Waals surface area (Å²) >= 11 is 1.90. The molecule has 3 nitrogen and oxygen atoms in total. The number of aryl methyl sites for hydroxylation is 1. The molecule has 0 aliphatic carbocycles. The van der Waals surface area contributed by atoms with E-state index >= 15 is 0 Å². The lowest BCUT2D eigenvalue weighted by Crippen LogP contribution is -2.11. The minimum absolute atomic E-state index is 0.336. The fraction of sp³-hybridized carbons (Fsp3) is 0.294. The molecule has 1 heterocycles. The van der Waals surface area contributed by atoms with Crippen molar-refractivity contribution >= 4 is 17.4 Å². The first-order chi connectivity index (χ1) is 10.2. The Morgan fingerprint density at radius 3 is 2.57 bits per heavy atom. The Bertz CT molecular complexity index is 657. The first-order valence-corrected chi connectivity index (χ1v) is 7.92. The van der Waals surface area contributed by atoms with E-state index in [2.05, 4.69) is 36.5 Å². The van der Waals surface area contributed by atoms with Crippen LogP contribution in [0.2, 0.25) is 0 Å². The van der Waals surface area contributed by atoms with Crippen molar-refractivity contribution in [2.24, 2.45) is 0 Å². The molecule has 0 amide bonds. The summed E-state index contributed by atoms with van der Waals surface area (Å²) in [6, 6.07) is 12.9. The molecular formula is C17H19NO2S. The Balaban J connectivity index is 1.89. The fourth-order valence-corrected chi connectivity index (χ4v) is 3.77. The smallest absolute Gasteiger partial charge is 0.162 e. The molecule has 1 N–H and O–H groups in total. The van der Waals surface area contributed by atoms with E-state index in [1.807, 2.05) is 23.9 Å². The van der Waals surface area contributed by atoms with Gasteiger partial charge in [0, 0.05) is 22.4 Å². The van der Waals surface area contributed by atoms with E-state index in [4.69, 9.17) is 9.47 Å². The Morgan fingerprint density at radius 2 is 1.81 bits per heavy atom. The maximum atomic E-state index is 5.40. The molecule has 3 rings (SSSR count). The number of fused-ring (bicyclic) bond motifs is 1. The van der Waals surface area contributed by atoms with Crippen LogP contribution in [0.15, 0.2) is 41.3 Å². The van der Waals surface area contributed by atoms with Crippen LogP contribution in [0.3, 0.4) is 0 Å². The molecule has 2 aromatic rings. The highest BCUT2D eigenvalue weighted by molar-refractivity contribution is 7.99. The highest BCUT2D eigenvalue weighted by Crippen LogP contribution is 2.41. The molecule has 1 aliphatic rings. The Hall–Kier alpha value is -1.81. The minimum Gasteiger partial charge on any atom is -0.493 e. The van der Waals surface area contributed by atoms with Crippen LogP contribution in [-0.2, 0) is 0 Å². The first kappa shape index (κ1) is 14.1. The van der Waals surface area contributed by atoms with Gasteiger partial charge in [0.15, 0.2) is 11.5 Å². The summed E-state index contributed by atoms with van der Waals surface area (Å²) in [6.45, 7) is 2.08. The van der Waals surface area contributed by atoms with Crippen LogP contribution in [0, 0.1) is 6.92 Å². The minimum atomic E-state index is 0.336. The molecule has 0 spiro atoms. The molecule has 21 heavy (non-hydrogen) atoms. The number of hydrogen-bond donors (Lipinski definition) is 1. The number of rotatable bonds is 4. The second-order valence-corrected chi connectivity index (χ2v) is 6.13. The molecule has 110 valence electrons. The fourth-order valence-electron chi connectivity index (χ4n) is 2.61. The molecule has 0 aromatic heterocycles. The molecule has 0 fully saturated rings.